The number of benzene rings is 1. The Kier molecular flexibility index (Phi) is 4.59. The van der Waals surface area contributed by atoms with E-state index in [0.717, 1.165) is 16.8 Å². The first kappa shape index (κ1) is 15.9. The second-order valence-electron chi connectivity index (χ2n) is 5.37. The van der Waals surface area contributed by atoms with Gasteiger partial charge in [-0.1, -0.05) is 36.4 Å². The Labute approximate surface area is 128 Å². The first-order valence-corrected chi connectivity index (χ1v) is 6.69. The van der Waals surface area contributed by atoms with Crippen LogP contribution in [0, 0.1) is 0 Å². The predicted octanol–water partition coefficient (Wildman–Crippen LogP) is 4.06. The zero-order chi connectivity index (χ0) is 14.2. The van der Waals surface area contributed by atoms with Crippen molar-refractivity contribution >= 4 is 12.4 Å². The Morgan fingerprint density at radius 2 is 1.76 bits per heavy atom. The lowest BCUT2D eigenvalue weighted by atomic mass is 9.77. The van der Waals surface area contributed by atoms with Gasteiger partial charge in [0.05, 0.1) is 11.7 Å². The van der Waals surface area contributed by atoms with Crippen LogP contribution in [0.2, 0.25) is 0 Å². The molecule has 1 saturated carbocycles. The smallest absolute Gasteiger partial charge is 0.249 e. The number of hydrogen-bond donors (Lipinski definition) is 1. The zero-order valence-corrected chi connectivity index (χ0v) is 12.2. The van der Waals surface area contributed by atoms with Crippen LogP contribution in [0.1, 0.15) is 41.6 Å². The molecule has 112 valence electrons. The van der Waals surface area contributed by atoms with Crippen molar-refractivity contribution in [1.82, 2.24) is 4.98 Å². The highest BCUT2D eigenvalue weighted by molar-refractivity contribution is 5.85. The van der Waals surface area contributed by atoms with Crippen LogP contribution in [0.3, 0.4) is 0 Å². The number of hydrogen-bond acceptors (Lipinski definition) is 2. The van der Waals surface area contributed by atoms with Gasteiger partial charge in [-0.15, -0.1) is 12.4 Å². The van der Waals surface area contributed by atoms with Crippen molar-refractivity contribution in [3.63, 3.8) is 0 Å². The maximum absolute atomic E-state index is 12.9. The van der Waals surface area contributed by atoms with Crippen LogP contribution < -0.4 is 5.73 Å². The van der Waals surface area contributed by atoms with Crippen LogP contribution in [0.25, 0.3) is 0 Å². The highest BCUT2D eigenvalue weighted by Gasteiger charge is 2.45. The van der Waals surface area contributed by atoms with Gasteiger partial charge in [-0.25, -0.2) is 8.78 Å². The molecule has 1 aliphatic carbocycles. The van der Waals surface area contributed by atoms with E-state index < -0.39 is 5.92 Å². The summed E-state index contributed by atoms with van der Waals surface area (Å²) >= 11 is 0. The van der Waals surface area contributed by atoms with E-state index >= 15 is 0 Å². The van der Waals surface area contributed by atoms with Gasteiger partial charge in [-0.2, -0.15) is 0 Å². The molecule has 0 spiro atoms. The lowest BCUT2D eigenvalue weighted by Gasteiger charge is -2.35. The quantitative estimate of drug-likeness (QED) is 0.928. The molecule has 2 nitrogen and oxygen atoms in total. The number of rotatable bonds is 3. The molecule has 1 atom stereocenters. The van der Waals surface area contributed by atoms with E-state index in [-0.39, 0.29) is 37.2 Å². The van der Waals surface area contributed by atoms with Crippen molar-refractivity contribution in [3.05, 3.63) is 65.5 Å². The summed E-state index contributed by atoms with van der Waals surface area (Å²) in [5.41, 5.74) is 8.77. The van der Waals surface area contributed by atoms with E-state index in [2.05, 4.69) is 4.98 Å². The first-order valence-electron chi connectivity index (χ1n) is 6.69. The van der Waals surface area contributed by atoms with Gasteiger partial charge in [0.1, 0.15) is 0 Å². The summed E-state index contributed by atoms with van der Waals surface area (Å²) in [5.74, 6) is -2.57. The third-order valence-corrected chi connectivity index (χ3v) is 3.85. The molecule has 0 aliphatic heterocycles. The van der Waals surface area contributed by atoms with E-state index in [1.807, 2.05) is 42.5 Å². The molecule has 2 aromatic rings. The summed E-state index contributed by atoms with van der Waals surface area (Å²) in [7, 11) is 0. The normalized spacial score (nSPS) is 18.4. The average Bonchev–Trinajstić information content (AvgIpc) is 2.45. The Morgan fingerprint density at radius 1 is 1.10 bits per heavy atom. The van der Waals surface area contributed by atoms with Crippen LogP contribution in [0.4, 0.5) is 8.78 Å². The molecule has 21 heavy (non-hydrogen) atoms. The Morgan fingerprint density at radius 3 is 2.29 bits per heavy atom. The third-order valence-electron chi connectivity index (χ3n) is 3.85. The molecule has 1 aliphatic rings. The summed E-state index contributed by atoms with van der Waals surface area (Å²) in [4.78, 5) is 4.34. The van der Waals surface area contributed by atoms with Crippen LogP contribution >= 0.6 is 12.4 Å². The molecule has 1 aromatic heterocycles. The van der Waals surface area contributed by atoms with Crippen LogP contribution in [0.5, 0.6) is 0 Å². The summed E-state index contributed by atoms with van der Waals surface area (Å²) in [6.07, 6.45) is 1.54. The van der Waals surface area contributed by atoms with Gasteiger partial charge in [-0.05, 0) is 23.1 Å². The van der Waals surface area contributed by atoms with Crippen molar-refractivity contribution in [3.8, 4) is 0 Å². The van der Waals surface area contributed by atoms with Crippen molar-refractivity contribution in [1.29, 1.82) is 0 Å². The van der Waals surface area contributed by atoms with Gasteiger partial charge in [0.2, 0.25) is 5.92 Å². The van der Waals surface area contributed by atoms with E-state index in [0.29, 0.717) is 0 Å². The number of aromatic nitrogens is 1. The fraction of sp³-hybridized carbons (Fsp3) is 0.312. The average molecular weight is 311 g/mol. The molecular weight excluding hydrogens is 294 g/mol. The number of nitrogens with zero attached hydrogens (tertiary/aromatic N) is 1. The standard InChI is InChI=1S/C16H16F2N2.ClH/c17-16(18)8-13(9-16)12-6-7-14(20-10-12)15(19)11-4-2-1-3-5-11;/h1-7,10,13,15H,8-9,19H2;1H/t15-;/m0./s1. The minimum absolute atomic E-state index is 0. The summed E-state index contributed by atoms with van der Waals surface area (Å²) in [6.45, 7) is 0. The molecule has 2 N–H and O–H groups in total. The van der Waals surface area contributed by atoms with Crippen LogP contribution in [-0.4, -0.2) is 10.9 Å². The Hall–Kier alpha value is -1.52. The zero-order valence-electron chi connectivity index (χ0n) is 11.4. The van der Waals surface area contributed by atoms with Crippen LogP contribution in [0.15, 0.2) is 48.7 Å². The van der Waals surface area contributed by atoms with Crippen molar-refractivity contribution in [2.24, 2.45) is 5.73 Å². The van der Waals surface area contributed by atoms with Crippen LogP contribution in [-0.2, 0) is 0 Å². The maximum atomic E-state index is 12.9. The molecule has 0 unspecified atom stereocenters. The molecule has 0 saturated heterocycles. The van der Waals surface area contributed by atoms with Gasteiger partial charge in [0.25, 0.3) is 0 Å². The Bertz CT molecular complexity index is 579. The SMILES string of the molecule is Cl.N[C@@H](c1ccccc1)c1ccc(C2CC(F)(F)C2)cn1. The largest absolute Gasteiger partial charge is 0.319 e. The maximum Gasteiger partial charge on any atom is 0.249 e. The first-order chi connectivity index (χ1) is 9.55. The lowest BCUT2D eigenvalue weighted by molar-refractivity contribution is -0.0868. The summed E-state index contributed by atoms with van der Waals surface area (Å²) in [5, 5.41) is 0. The summed E-state index contributed by atoms with van der Waals surface area (Å²) in [6, 6.07) is 13.1. The molecule has 0 radical (unpaired) electrons. The third kappa shape index (κ3) is 3.39. The number of alkyl halides is 2. The van der Waals surface area contributed by atoms with Gasteiger partial charge in [0.15, 0.2) is 0 Å². The van der Waals surface area contributed by atoms with Gasteiger partial charge in [0, 0.05) is 19.0 Å². The monoisotopic (exact) mass is 310 g/mol. The van der Waals surface area contributed by atoms with E-state index in [1.165, 1.54) is 0 Å². The van der Waals surface area contributed by atoms with E-state index in [1.54, 1.807) is 6.20 Å². The minimum Gasteiger partial charge on any atom is -0.319 e. The topological polar surface area (TPSA) is 38.9 Å². The predicted molar refractivity (Wildman–Crippen MR) is 80.9 cm³/mol. The van der Waals surface area contributed by atoms with Crippen molar-refractivity contribution in [2.75, 3.05) is 0 Å². The van der Waals surface area contributed by atoms with Gasteiger partial charge < -0.3 is 5.73 Å². The molecule has 5 heteroatoms. The van der Waals surface area contributed by atoms with E-state index in [9.17, 15) is 8.78 Å². The number of nitrogens with two attached hydrogens (primary N) is 1. The van der Waals surface area contributed by atoms with Gasteiger partial charge in [-0.3, -0.25) is 4.98 Å². The lowest BCUT2D eigenvalue weighted by Crippen LogP contribution is -2.33. The molecule has 1 fully saturated rings. The highest BCUT2D eigenvalue weighted by Crippen LogP contribution is 2.48. The molecule has 3 rings (SSSR count). The molecular formula is C16H17ClF2N2. The van der Waals surface area contributed by atoms with E-state index in [4.69, 9.17) is 5.73 Å². The van der Waals surface area contributed by atoms with Crippen molar-refractivity contribution in [2.45, 2.75) is 30.7 Å². The number of pyridine rings is 1. The summed E-state index contributed by atoms with van der Waals surface area (Å²) < 4.78 is 25.7. The van der Waals surface area contributed by atoms with Gasteiger partial charge >= 0.3 is 0 Å². The number of halogens is 3. The second kappa shape index (κ2) is 6.08. The fourth-order valence-electron chi connectivity index (χ4n) is 2.57. The molecule has 1 aromatic carbocycles. The minimum atomic E-state index is -2.50. The molecule has 0 amide bonds. The molecule has 1 heterocycles. The highest BCUT2D eigenvalue weighted by atomic mass is 35.5. The Balaban J connectivity index is 0.00000161. The fourth-order valence-corrected chi connectivity index (χ4v) is 2.57. The van der Waals surface area contributed by atoms with Crippen molar-refractivity contribution < 1.29 is 8.78 Å². The molecule has 0 bridgehead atoms. The second-order valence-corrected chi connectivity index (χ2v) is 5.37.